The lowest BCUT2D eigenvalue weighted by Crippen LogP contribution is -2.20. The fraction of sp³-hybridized carbons (Fsp3) is 0. The van der Waals surface area contributed by atoms with Gasteiger partial charge in [-0.25, -0.2) is 13.9 Å². The molecule has 1 N–H and O–H groups in total. The predicted octanol–water partition coefficient (Wildman–Crippen LogP) is -1.06. The summed E-state index contributed by atoms with van der Waals surface area (Å²) in [5, 5.41) is 8.50. The second-order valence-electron chi connectivity index (χ2n) is 2.32. The van der Waals surface area contributed by atoms with Gasteiger partial charge < -0.3 is 0 Å². The Bertz CT molecular complexity index is 432. The first-order valence-electron chi connectivity index (χ1n) is 3.31. The Hall–Kier alpha value is -1.48. The van der Waals surface area contributed by atoms with Crippen LogP contribution in [0.25, 0.3) is 0 Å². The average molecular weight is 191 g/mol. The highest BCUT2D eigenvalue weighted by molar-refractivity contribution is 7.98. The first-order valence-corrected chi connectivity index (χ1v) is 5.03. The molecular weight excluding hydrogens is 185 g/mol. The Balaban J connectivity index is 3.11. The van der Waals surface area contributed by atoms with Gasteiger partial charge in [0.05, 0.1) is 9.71 Å². The van der Waals surface area contributed by atoms with Crippen molar-refractivity contribution < 1.29 is 4.21 Å². The first kappa shape index (κ1) is 9.61. The van der Waals surface area contributed by atoms with Gasteiger partial charge in [-0.1, -0.05) is 11.5 Å². The van der Waals surface area contributed by atoms with Gasteiger partial charge in [0, 0.05) is 6.20 Å². The maximum atomic E-state index is 11.6. The molecule has 2 radical (unpaired) electrons. The van der Waals surface area contributed by atoms with Gasteiger partial charge in [-0.15, -0.1) is 0 Å². The van der Waals surface area contributed by atoms with Crippen molar-refractivity contribution in [2.24, 2.45) is 0 Å². The van der Waals surface area contributed by atoms with E-state index in [1.807, 2.05) is 0 Å². The summed E-state index contributed by atoms with van der Waals surface area (Å²) in [5.74, 6) is 3.35. The summed E-state index contributed by atoms with van der Waals surface area (Å²) in [7, 11) is 2.58. The van der Waals surface area contributed by atoms with Crippen molar-refractivity contribution in [3.63, 3.8) is 0 Å². The highest BCUT2D eigenvalue weighted by Gasteiger charge is 2.06. The van der Waals surface area contributed by atoms with Crippen molar-refractivity contribution in [2.75, 3.05) is 0 Å². The van der Waals surface area contributed by atoms with Gasteiger partial charge in [-0.3, -0.25) is 0 Å². The molecule has 0 aliphatic heterocycles. The Morgan fingerprint density at radius 3 is 2.85 bits per heavy atom. The van der Waals surface area contributed by atoms with E-state index in [0.717, 1.165) is 0 Å². The van der Waals surface area contributed by atoms with Gasteiger partial charge in [-0.05, 0) is 11.9 Å². The Morgan fingerprint density at radius 2 is 2.38 bits per heavy atom. The molecule has 13 heavy (non-hydrogen) atoms. The third kappa shape index (κ3) is 2.23. The smallest absolute Gasteiger partial charge is 0.189 e. The summed E-state index contributed by atoms with van der Waals surface area (Å²) >= 11 is 0. The molecule has 0 spiro atoms. The molecule has 0 aliphatic rings. The van der Waals surface area contributed by atoms with Crippen LogP contribution in [-0.4, -0.2) is 22.9 Å². The molecule has 0 bridgehead atoms. The van der Waals surface area contributed by atoms with Crippen LogP contribution in [0.15, 0.2) is 23.4 Å². The molecule has 4 nitrogen and oxygen atoms in total. The minimum Gasteiger partial charge on any atom is -0.247 e. The maximum absolute atomic E-state index is 11.6. The lowest BCUT2D eigenvalue weighted by molar-refractivity contribution is 0.675. The lowest BCUT2D eigenvalue weighted by atomic mass is 9.99. The van der Waals surface area contributed by atoms with Crippen LogP contribution in [0, 0.1) is 11.5 Å². The second kappa shape index (κ2) is 3.50. The molecule has 64 valence electrons. The number of aromatic nitrogens is 1. The summed E-state index contributed by atoms with van der Waals surface area (Å²) in [5.41, 5.74) is 0.468. The second-order valence-corrected chi connectivity index (χ2v) is 4.29. The Kier molecular flexibility index (Phi) is 2.59. The topological polar surface area (TPSA) is 65.8 Å². The molecule has 1 rings (SSSR count). The highest BCUT2D eigenvalue weighted by atomic mass is 32.2. The number of hydrogen-bond acceptors (Lipinski definition) is 3. The van der Waals surface area contributed by atoms with E-state index >= 15 is 0 Å². The van der Waals surface area contributed by atoms with Crippen molar-refractivity contribution in [3.05, 3.63) is 18.3 Å². The highest BCUT2D eigenvalue weighted by Crippen LogP contribution is 2.00. The molecule has 6 heteroatoms. The SMILES string of the molecule is [B]c1ccc(S(=C)(=O)NC#N)nc1. The Labute approximate surface area is 78.2 Å². The minimum atomic E-state index is -2.80. The van der Waals surface area contributed by atoms with Crippen LogP contribution in [-0.2, 0) is 9.71 Å². The zero-order valence-corrected chi connectivity index (χ0v) is 7.54. The molecule has 0 saturated carbocycles. The standard InChI is InChI=1S/C7H6BN3OS/c1-13(12,11-5-9)7-3-2-6(8)4-10-7/h2-4H,1H2,(H,11,12). The van der Waals surface area contributed by atoms with Crippen molar-refractivity contribution >= 4 is 28.9 Å². The number of rotatable bonds is 2. The van der Waals surface area contributed by atoms with Crippen molar-refractivity contribution in [3.8, 4) is 6.19 Å². The van der Waals surface area contributed by atoms with Gasteiger partial charge >= 0.3 is 0 Å². The van der Waals surface area contributed by atoms with Crippen LogP contribution in [0.1, 0.15) is 0 Å². The quantitative estimate of drug-likeness (QED) is 0.280. The fourth-order valence-corrected chi connectivity index (χ4v) is 1.48. The molecule has 1 unspecified atom stereocenters. The van der Waals surface area contributed by atoms with Crippen molar-refractivity contribution in [1.82, 2.24) is 9.71 Å². The molecule has 0 saturated heterocycles. The monoisotopic (exact) mass is 191 g/mol. The molecule has 0 aromatic carbocycles. The fourth-order valence-electron chi connectivity index (χ4n) is 0.713. The lowest BCUT2D eigenvalue weighted by Gasteiger charge is -2.04. The van der Waals surface area contributed by atoms with Gasteiger partial charge in [0.25, 0.3) is 0 Å². The van der Waals surface area contributed by atoms with Gasteiger partial charge in [-0.2, -0.15) is 5.26 Å². The van der Waals surface area contributed by atoms with Gasteiger partial charge in [0.1, 0.15) is 12.9 Å². The van der Waals surface area contributed by atoms with E-state index in [2.05, 4.69) is 15.6 Å². The number of nitriles is 1. The number of nitrogens with zero attached hydrogens (tertiary/aromatic N) is 2. The molecular formula is C7H6BN3OS. The van der Waals surface area contributed by atoms with Crippen LogP contribution in [0.5, 0.6) is 0 Å². The van der Waals surface area contributed by atoms with E-state index in [0.29, 0.717) is 5.46 Å². The molecule has 0 aliphatic carbocycles. The van der Waals surface area contributed by atoms with Crippen LogP contribution in [0.3, 0.4) is 0 Å². The van der Waals surface area contributed by atoms with E-state index in [-0.39, 0.29) is 5.03 Å². The third-order valence-electron chi connectivity index (χ3n) is 1.31. The van der Waals surface area contributed by atoms with Crippen LogP contribution in [0.2, 0.25) is 0 Å². The maximum Gasteiger partial charge on any atom is 0.189 e. The number of nitrogens with one attached hydrogen (secondary N) is 1. The zero-order valence-electron chi connectivity index (χ0n) is 6.73. The third-order valence-corrected chi connectivity index (χ3v) is 2.65. The van der Waals surface area contributed by atoms with Crippen LogP contribution in [0.4, 0.5) is 0 Å². The summed E-state index contributed by atoms with van der Waals surface area (Å²) in [6, 6.07) is 3.02. The van der Waals surface area contributed by atoms with Gasteiger partial charge in [0.2, 0.25) is 0 Å². The molecule has 0 fully saturated rings. The van der Waals surface area contributed by atoms with Crippen LogP contribution >= 0.6 is 0 Å². The van der Waals surface area contributed by atoms with E-state index < -0.39 is 9.71 Å². The normalized spacial score (nSPS) is 14.1. The van der Waals surface area contributed by atoms with Crippen molar-refractivity contribution in [1.29, 1.82) is 5.26 Å². The van der Waals surface area contributed by atoms with Crippen molar-refractivity contribution in [2.45, 2.75) is 5.03 Å². The minimum absolute atomic E-state index is 0.211. The number of pyridine rings is 1. The number of hydrogen-bond donors (Lipinski definition) is 1. The van der Waals surface area contributed by atoms with E-state index in [1.165, 1.54) is 12.3 Å². The molecule has 1 aromatic heterocycles. The van der Waals surface area contributed by atoms with E-state index in [9.17, 15) is 4.21 Å². The molecule has 0 amide bonds. The predicted molar refractivity (Wildman–Crippen MR) is 51.9 cm³/mol. The largest absolute Gasteiger partial charge is 0.247 e. The van der Waals surface area contributed by atoms with Gasteiger partial charge in [0.15, 0.2) is 6.19 Å². The van der Waals surface area contributed by atoms with E-state index in [1.54, 1.807) is 12.3 Å². The first-order chi connectivity index (χ1) is 6.06. The molecule has 1 heterocycles. The summed E-state index contributed by atoms with van der Waals surface area (Å²) in [6.07, 6.45) is 2.92. The molecule has 1 aromatic rings. The summed E-state index contributed by atoms with van der Waals surface area (Å²) in [4.78, 5) is 3.79. The summed E-state index contributed by atoms with van der Waals surface area (Å²) in [6.45, 7) is 0. The summed E-state index contributed by atoms with van der Waals surface area (Å²) < 4.78 is 13.6. The Morgan fingerprint density at radius 1 is 1.69 bits per heavy atom. The zero-order chi connectivity index (χ0) is 9.90. The van der Waals surface area contributed by atoms with E-state index in [4.69, 9.17) is 13.1 Å². The van der Waals surface area contributed by atoms with Crippen LogP contribution < -0.4 is 10.2 Å². The molecule has 1 atom stereocenters. The average Bonchev–Trinajstić information content (AvgIpc) is 2.05.